The molecule has 2 heterocycles. The van der Waals surface area contributed by atoms with E-state index in [1.807, 2.05) is 29.2 Å². The summed E-state index contributed by atoms with van der Waals surface area (Å²) in [6.07, 6.45) is 2.64. The maximum atomic E-state index is 12.3. The molecule has 0 bridgehead atoms. The second-order valence-electron chi connectivity index (χ2n) is 7.34. The molecule has 0 fully saturated rings. The first kappa shape index (κ1) is 19.8. The highest BCUT2D eigenvalue weighted by Gasteiger charge is 2.18. The van der Waals surface area contributed by atoms with Gasteiger partial charge in [-0.2, -0.15) is 0 Å². The van der Waals surface area contributed by atoms with Crippen molar-refractivity contribution >= 4 is 28.6 Å². The standard InChI is InChI=1S/C22H24N4O4/c27-20(12-6-14-26-18-10-3-4-11-19(18)30-22(26)29)23-24-21(28)15-25-13-5-8-16-7-1-2-9-17(16)25/h1-4,7,9-11H,5-6,8,12-15H2,(H,23,27)(H,24,28). The minimum Gasteiger partial charge on any atom is -0.408 e. The maximum absolute atomic E-state index is 12.3. The van der Waals surface area contributed by atoms with E-state index >= 15 is 0 Å². The Hall–Kier alpha value is -3.55. The van der Waals surface area contributed by atoms with Crippen molar-refractivity contribution in [1.29, 1.82) is 0 Å². The zero-order chi connectivity index (χ0) is 20.9. The Morgan fingerprint density at radius 1 is 1.00 bits per heavy atom. The van der Waals surface area contributed by atoms with Crippen molar-refractivity contribution < 1.29 is 14.0 Å². The van der Waals surface area contributed by atoms with Crippen LogP contribution >= 0.6 is 0 Å². The second kappa shape index (κ2) is 8.86. The van der Waals surface area contributed by atoms with Crippen molar-refractivity contribution in [2.24, 2.45) is 0 Å². The third kappa shape index (κ3) is 4.37. The van der Waals surface area contributed by atoms with E-state index < -0.39 is 5.76 Å². The molecule has 8 nitrogen and oxygen atoms in total. The van der Waals surface area contributed by atoms with Crippen molar-refractivity contribution in [3.63, 3.8) is 0 Å². The number of oxazole rings is 1. The van der Waals surface area contributed by atoms with Crippen LogP contribution in [-0.2, 0) is 22.6 Å². The summed E-state index contributed by atoms with van der Waals surface area (Å²) >= 11 is 0. The van der Waals surface area contributed by atoms with E-state index in [9.17, 15) is 14.4 Å². The zero-order valence-electron chi connectivity index (χ0n) is 16.6. The van der Waals surface area contributed by atoms with E-state index in [4.69, 9.17) is 4.42 Å². The summed E-state index contributed by atoms with van der Waals surface area (Å²) in [5.74, 6) is -1.01. The lowest BCUT2D eigenvalue weighted by Crippen LogP contribution is -2.47. The molecule has 1 aliphatic rings. The number of anilines is 1. The Kier molecular flexibility index (Phi) is 5.83. The molecular formula is C22H24N4O4. The molecule has 0 aliphatic carbocycles. The van der Waals surface area contributed by atoms with Gasteiger partial charge in [-0.3, -0.25) is 25.0 Å². The number of nitrogens with one attached hydrogen (secondary N) is 2. The number of aromatic nitrogens is 1. The van der Waals surface area contributed by atoms with Crippen LogP contribution in [0.4, 0.5) is 5.69 Å². The van der Waals surface area contributed by atoms with E-state index in [0.717, 1.165) is 25.1 Å². The number of para-hydroxylation sites is 3. The van der Waals surface area contributed by atoms with E-state index in [-0.39, 0.29) is 24.8 Å². The first-order valence-electron chi connectivity index (χ1n) is 10.1. The molecule has 0 saturated carbocycles. The minimum atomic E-state index is -0.438. The summed E-state index contributed by atoms with van der Waals surface area (Å²) in [6, 6.07) is 15.2. The van der Waals surface area contributed by atoms with Gasteiger partial charge < -0.3 is 9.32 Å². The van der Waals surface area contributed by atoms with E-state index in [1.54, 1.807) is 18.2 Å². The quantitative estimate of drug-likeness (QED) is 0.608. The molecule has 30 heavy (non-hydrogen) atoms. The molecule has 0 saturated heterocycles. The summed E-state index contributed by atoms with van der Waals surface area (Å²) in [4.78, 5) is 38.3. The summed E-state index contributed by atoms with van der Waals surface area (Å²) < 4.78 is 6.69. The highest BCUT2D eigenvalue weighted by molar-refractivity contribution is 5.85. The summed E-state index contributed by atoms with van der Waals surface area (Å²) in [7, 11) is 0. The van der Waals surface area contributed by atoms with Crippen LogP contribution in [0, 0.1) is 0 Å². The summed E-state index contributed by atoms with van der Waals surface area (Å²) in [6.45, 7) is 1.36. The molecule has 3 aromatic rings. The highest BCUT2D eigenvalue weighted by atomic mass is 16.4. The lowest BCUT2D eigenvalue weighted by molar-refractivity contribution is -0.128. The topological polar surface area (TPSA) is 96.6 Å². The molecule has 0 unspecified atom stereocenters. The Bertz CT molecular complexity index is 1120. The number of hydrogen-bond donors (Lipinski definition) is 2. The Morgan fingerprint density at radius 3 is 2.67 bits per heavy atom. The van der Waals surface area contributed by atoms with Crippen LogP contribution < -0.4 is 21.5 Å². The molecular weight excluding hydrogens is 384 g/mol. The molecule has 2 amide bonds. The minimum absolute atomic E-state index is 0.179. The number of rotatable bonds is 6. The molecule has 0 radical (unpaired) electrons. The molecule has 1 aliphatic heterocycles. The van der Waals surface area contributed by atoms with Crippen LogP contribution in [0.5, 0.6) is 0 Å². The van der Waals surface area contributed by atoms with E-state index in [2.05, 4.69) is 16.9 Å². The van der Waals surface area contributed by atoms with Gasteiger partial charge in [0.05, 0.1) is 12.1 Å². The third-order valence-corrected chi connectivity index (χ3v) is 5.24. The summed E-state index contributed by atoms with van der Waals surface area (Å²) in [5, 5.41) is 0. The van der Waals surface area contributed by atoms with Gasteiger partial charge in [-0.1, -0.05) is 30.3 Å². The number of fused-ring (bicyclic) bond motifs is 2. The van der Waals surface area contributed by atoms with Crippen molar-refractivity contribution in [2.75, 3.05) is 18.0 Å². The SMILES string of the molecule is O=C(CCCn1c(=O)oc2ccccc21)NNC(=O)CN1CCCc2ccccc21. The number of aryl methyl sites for hydroxylation is 2. The average Bonchev–Trinajstić information content (AvgIpc) is 3.08. The molecule has 1 aromatic heterocycles. The fourth-order valence-electron chi connectivity index (χ4n) is 3.81. The van der Waals surface area contributed by atoms with Crippen molar-refractivity contribution in [2.45, 2.75) is 32.2 Å². The van der Waals surface area contributed by atoms with Gasteiger partial charge in [-0.25, -0.2) is 4.79 Å². The van der Waals surface area contributed by atoms with Gasteiger partial charge in [0.2, 0.25) is 5.91 Å². The van der Waals surface area contributed by atoms with E-state index in [0.29, 0.717) is 24.1 Å². The van der Waals surface area contributed by atoms with Gasteiger partial charge in [0.25, 0.3) is 5.91 Å². The fourth-order valence-corrected chi connectivity index (χ4v) is 3.81. The average molecular weight is 408 g/mol. The van der Waals surface area contributed by atoms with Gasteiger partial charge in [0.15, 0.2) is 5.58 Å². The Labute approximate surface area is 173 Å². The molecule has 156 valence electrons. The Balaban J connectivity index is 1.23. The fraction of sp³-hybridized carbons (Fsp3) is 0.318. The van der Waals surface area contributed by atoms with Crippen LogP contribution in [0.25, 0.3) is 11.1 Å². The largest absolute Gasteiger partial charge is 0.419 e. The van der Waals surface area contributed by atoms with Crippen molar-refractivity contribution in [1.82, 2.24) is 15.4 Å². The maximum Gasteiger partial charge on any atom is 0.419 e. The lowest BCUT2D eigenvalue weighted by Gasteiger charge is -2.30. The van der Waals surface area contributed by atoms with Crippen LogP contribution in [0.2, 0.25) is 0 Å². The predicted octanol–water partition coefficient (Wildman–Crippen LogP) is 1.97. The van der Waals surface area contributed by atoms with Crippen LogP contribution in [0.3, 0.4) is 0 Å². The van der Waals surface area contributed by atoms with Crippen molar-refractivity contribution in [3.05, 3.63) is 64.6 Å². The molecule has 2 N–H and O–H groups in total. The van der Waals surface area contributed by atoms with Crippen LogP contribution in [0.15, 0.2) is 57.7 Å². The molecule has 2 aromatic carbocycles. The molecule has 8 heteroatoms. The van der Waals surface area contributed by atoms with Gasteiger partial charge in [0, 0.05) is 25.2 Å². The monoisotopic (exact) mass is 408 g/mol. The first-order chi connectivity index (χ1) is 14.6. The smallest absolute Gasteiger partial charge is 0.408 e. The number of benzene rings is 2. The lowest BCUT2D eigenvalue weighted by atomic mass is 10.0. The van der Waals surface area contributed by atoms with Crippen LogP contribution in [-0.4, -0.2) is 29.5 Å². The zero-order valence-corrected chi connectivity index (χ0v) is 16.6. The normalized spacial score (nSPS) is 13.1. The number of amides is 2. The van der Waals surface area contributed by atoms with Gasteiger partial charge >= 0.3 is 5.76 Å². The Morgan fingerprint density at radius 2 is 1.77 bits per heavy atom. The number of carbonyl (C=O) groups is 2. The highest BCUT2D eigenvalue weighted by Crippen LogP contribution is 2.26. The molecule has 4 rings (SSSR count). The molecule has 0 spiro atoms. The van der Waals surface area contributed by atoms with Gasteiger partial charge in [-0.15, -0.1) is 0 Å². The predicted molar refractivity (Wildman–Crippen MR) is 113 cm³/mol. The number of nitrogens with zero attached hydrogens (tertiary/aromatic N) is 2. The number of hydrogen-bond acceptors (Lipinski definition) is 5. The second-order valence-corrected chi connectivity index (χ2v) is 7.34. The van der Waals surface area contributed by atoms with E-state index in [1.165, 1.54) is 10.1 Å². The third-order valence-electron chi connectivity index (χ3n) is 5.24. The van der Waals surface area contributed by atoms with Gasteiger partial charge in [-0.05, 0) is 43.0 Å². The first-order valence-corrected chi connectivity index (χ1v) is 10.1. The van der Waals surface area contributed by atoms with Crippen molar-refractivity contribution in [3.8, 4) is 0 Å². The van der Waals surface area contributed by atoms with Gasteiger partial charge in [0.1, 0.15) is 0 Å². The number of carbonyl (C=O) groups excluding carboxylic acids is 2. The summed E-state index contributed by atoms with van der Waals surface area (Å²) in [5.41, 5.74) is 8.47. The molecule has 0 atom stereocenters. The number of hydrazine groups is 1. The van der Waals surface area contributed by atoms with Crippen LogP contribution in [0.1, 0.15) is 24.8 Å².